The SMILES string of the molecule is B.Cl.NO.NO. The molecule has 0 aliphatic rings. The normalized spacial score (nSPS) is 2.00. The summed E-state index contributed by atoms with van der Waals surface area (Å²) in [6.07, 6.45) is 0. The lowest BCUT2D eigenvalue weighted by Crippen LogP contribution is -1.72. The average molecular weight is 116 g/mol. The van der Waals surface area contributed by atoms with Gasteiger partial charge in [0.2, 0.25) is 0 Å². The summed E-state index contributed by atoms with van der Waals surface area (Å²) in [6.45, 7) is 0. The van der Waals surface area contributed by atoms with Gasteiger partial charge in [-0.25, -0.2) is 11.8 Å². The molecule has 0 spiro atoms. The molecule has 0 saturated heterocycles. The van der Waals surface area contributed by atoms with Crippen molar-refractivity contribution in [2.45, 2.75) is 0 Å². The van der Waals surface area contributed by atoms with E-state index in [1.807, 2.05) is 0 Å². The quantitative estimate of drug-likeness (QED) is 0.216. The smallest absolute Gasteiger partial charge is 0.0814 e. The Morgan fingerprint density at radius 1 is 0.833 bits per heavy atom. The van der Waals surface area contributed by atoms with E-state index in [0.717, 1.165) is 0 Å². The highest BCUT2D eigenvalue weighted by Crippen LogP contribution is 0.690. The maximum absolute atomic E-state index is 6.50. The Kier molecular flexibility index (Phi) is 13900. The maximum atomic E-state index is 6.50. The van der Waals surface area contributed by atoms with E-state index in [9.17, 15) is 0 Å². The summed E-state index contributed by atoms with van der Waals surface area (Å²) in [5.74, 6) is 7.00. The van der Waals surface area contributed by atoms with Crippen molar-refractivity contribution in [1.82, 2.24) is 0 Å². The van der Waals surface area contributed by atoms with E-state index in [1.54, 1.807) is 0 Å². The molecule has 0 unspecified atom stereocenters. The highest BCUT2D eigenvalue weighted by atomic mass is 35.5. The monoisotopic (exact) mass is 116 g/mol. The minimum Gasteiger partial charge on any atom is -0.320 e. The lowest BCUT2D eigenvalue weighted by molar-refractivity contribution is 0.311. The van der Waals surface area contributed by atoms with Crippen LogP contribution in [0, 0.1) is 0 Å². The fourth-order valence-corrected chi connectivity index (χ4v) is 0. The lowest BCUT2D eigenvalue weighted by Gasteiger charge is -1.27. The van der Waals surface area contributed by atoms with Gasteiger partial charge in [0.05, 0.1) is 8.41 Å². The first-order chi connectivity index (χ1) is 2.00. The second kappa shape index (κ2) is 2410. The first kappa shape index (κ1) is 34.7. The van der Waals surface area contributed by atoms with Crippen LogP contribution in [0.5, 0.6) is 0 Å². The van der Waals surface area contributed by atoms with Crippen molar-refractivity contribution in [3.05, 3.63) is 0 Å². The van der Waals surface area contributed by atoms with Gasteiger partial charge in [-0.05, 0) is 0 Å². The minimum atomic E-state index is 0. The zero-order valence-corrected chi connectivity index (χ0v) is 3.27. The molecule has 0 fully saturated rings. The predicted octanol–water partition coefficient (Wildman–Crippen LogP) is -2.09. The molecule has 0 aromatic carbocycles. The van der Waals surface area contributed by atoms with E-state index in [0.29, 0.717) is 0 Å². The summed E-state index contributed by atoms with van der Waals surface area (Å²) in [5.41, 5.74) is 0. The number of halogens is 1. The van der Waals surface area contributed by atoms with Crippen LogP contribution < -0.4 is 11.8 Å². The fraction of sp³-hybridized carbons (Fsp3) is 0. The molecule has 4 nitrogen and oxygen atoms in total. The largest absolute Gasteiger partial charge is 0.320 e. The Morgan fingerprint density at radius 2 is 0.833 bits per heavy atom. The molecule has 0 heterocycles. The van der Waals surface area contributed by atoms with E-state index in [1.165, 1.54) is 0 Å². The van der Waals surface area contributed by atoms with Gasteiger partial charge < -0.3 is 10.4 Å². The summed E-state index contributed by atoms with van der Waals surface area (Å²) in [4.78, 5) is 0. The van der Waals surface area contributed by atoms with Gasteiger partial charge in [-0.2, -0.15) is 0 Å². The number of hydrogen-bond acceptors (Lipinski definition) is 4. The maximum Gasteiger partial charge on any atom is 0.0814 e. The average Bonchev–Trinajstić information content (AvgIpc) is 1.50. The van der Waals surface area contributed by atoms with Crippen LogP contribution in [0.2, 0.25) is 0 Å². The zero-order chi connectivity index (χ0) is 4.00. The summed E-state index contributed by atoms with van der Waals surface area (Å²) in [5, 5.41) is 13.0. The summed E-state index contributed by atoms with van der Waals surface area (Å²) in [6, 6.07) is 0. The van der Waals surface area contributed by atoms with Crippen LogP contribution in [0.15, 0.2) is 0 Å². The van der Waals surface area contributed by atoms with Crippen molar-refractivity contribution in [3.8, 4) is 0 Å². The van der Waals surface area contributed by atoms with Crippen LogP contribution in [0.4, 0.5) is 0 Å². The molecule has 6 N–H and O–H groups in total. The van der Waals surface area contributed by atoms with Crippen molar-refractivity contribution >= 4 is 20.8 Å². The van der Waals surface area contributed by atoms with Gasteiger partial charge in [0, 0.05) is 0 Å². The van der Waals surface area contributed by atoms with Crippen molar-refractivity contribution in [1.29, 1.82) is 0 Å². The molecule has 0 aliphatic carbocycles. The second-order valence-corrected chi connectivity index (χ2v) is 0. The molecule has 0 amide bonds. The molecule has 6 heavy (non-hydrogen) atoms. The van der Waals surface area contributed by atoms with Gasteiger partial charge in [0.25, 0.3) is 0 Å². The molecule has 0 saturated carbocycles. The molecule has 0 aliphatic heterocycles. The van der Waals surface area contributed by atoms with Gasteiger partial charge >= 0.3 is 0 Å². The highest BCUT2D eigenvalue weighted by Gasteiger charge is 0.734. The third kappa shape index (κ3) is 1130. The van der Waals surface area contributed by atoms with Crippen molar-refractivity contribution in [2.75, 3.05) is 0 Å². The second-order valence-electron chi connectivity index (χ2n) is 0. The van der Waals surface area contributed by atoms with E-state index in [-0.39, 0.29) is 20.8 Å². The number of nitrogens with two attached hydrogens (primary N) is 2. The van der Waals surface area contributed by atoms with E-state index >= 15 is 0 Å². The molecule has 0 atom stereocenters. The van der Waals surface area contributed by atoms with Crippen LogP contribution in [-0.2, 0) is 0 Å². The topological polar surface area (TPSA) is 92.5 Å². The van der Waals surface area contributed by atoms with E-state index in [2.05, 4.69) is 11.8 Å². The molecular weight excluding hydrogens is 106 g/mol. The van der Waals surface area contributed by atoms with Crippen LogP contribution >= 0.6 is 12.4 Å². The Bertz CT molecular complexity index is 11.5. The highest BCUT2D eigenvalue weighted by molar-refractivity contribution is 5.85. The molecule has 6 heteroatoms. The number of rotatable bonds is 0. The minimum absolute atomic E-state index is 0. The summed E-state index contributed by atoms with van der Waals surface area (Å²) >= 11 is 0. The van der Waals surface area contributed by atoms with Gasteiger partial charge in [0.1, 0.15) is 0 Å². The van der Waals surface area contributed by atoms with Crippen LogP contribution in [0.3, 0.4) is 0 Å². The third-order valence-electron chi connectivity index (χ3n) is 0. The Morgan fingerprint density at radius 3 is 0.833 bits per heavy atom. The summed E-state index contributed by atoms with van der Waals surface area (Å²) in [7, 11) is 0. The predicted molar refractivity (Wildman–Crippen MR) is 29.1 cm³/mol. The van der Waals surface area contributed by atoms with Gasteiger partial charge in [-0.15, -0.1) is 12.4 Å². The first-order valence-electron chi connectivity index (χ1n) is 0.516. The Labute approximate surface area is 44.0 Å². The van der Waals surface area contributed by atoms with Crippen molar-refractivity contribution in [3.63, 3.8) is 0 Å². The molecule has 0 bridgehead atoms. The lowest BCUT2D eigenvalue weighted by atomic mass is 10.8. The van der Waals surface area contributed by atoms with Crippen molar-refractivity contribution < 1.29 is 10.4 Å². The molecule has 42 valence electrons. The molecular formula is H10BClN2O2. The van der Waals surface area contributed by atoms with Crippen LogP contribution in [0.25, 0.3) is 0 Å². The molecule has 0 aromatic rings. The van der Waals surface area contributed by atoms with Crippen LogP contribution in [0.1, 0.15) is 0 Å². The first-order valence-corrected chi connectivity index (χ1v) is 0.516. The third-order valence-corrected chi connectivity index (χ3v) is 0. The van der Waals surface area contributed by atoms with Crippen molar-refractivity contribution in [2.24, 2.45) is 11.8 Å². The summed E-state index contributed by atoms with van der Waals surface area (Å²) < 4.78 is 0. The number of hydrogen-bond donors (Lipinski definition) is 4. The van der Waals surface area contributed by atoms with Gasteiger partial charge in [-0.1, -0.05) is 0 Å². The Hall–Kier alpha value is 0.195. The fourth-order valence-electron chi connectivity index (χ4n) is 0. The zero-order valence-electron chi connectivity index (χ0n) is 2.46. The Balaban J connectivity index is -0.00000000500. The standard InChI is InChI=1S/BH3.ClH.2H3NO/c;;2*1-2/h1H3;1H;2*2H,1H2. The molecule has 0 aromatic heterocycles. The van der Waals surface area contributed by atoms with Crippen LogP contribution in [-0.4, -0.2) is 18.8 Å². The van der Waals surface area contributed by atoms with Gasteiger partial charge in [0.15, 0.2) is 0 Å². The van der Waals surface area contributed by atoms with Gasteiger partial charge in [-0.3, -0.25) is 0 Å². The van der Waals surface area contributed by atoms with E-state index < -0.39 is 0 Å². The van der Waals surface area contributed by atoms with E-state index in [4.69, 9.17) is 10.4 Å². The molecule has 0 radical (unpaired) electrons. The molecule has 0 rings (SSSR count).